The van der Waals surface area contributed by atoms with Crippen molar-refractivity contribution in [1.82, 2.24) is 4.90 Å². The second-order valence-corrected chi connectivity index (χ2v) is 17.7. The second-order valence-electron chi connectivity index (χ2n) is 17.7. The van der Waals surface area contributed by atoms with Crippen LogP contribution in [-0.4, -0.2) is 59.5 Å². The van der Waals surface area contributed by atoms with E-state index in [4.69, 9.17) is 9.84 Å². The molecule has 61 heavy (non-hydrogen) atoms. The first kappa shape index (κ1) is 70.5. The first-order chi connectivity index (χ1) is 29.4. The van der Waals surface area contributed by atoms with Gasteiger partial charge in [-0.15, -0.1) is 0 Å². The molecule has 369 valence electrons. The van der Waals surface area contributed by atoms with Gasteiger partial charge in [-0.3, -0.25) is 9.69 Å². The molecule has 1 radical (unpaired) electrons. The number of aliphatic hydroxyl groups excluding tert-OH is 2. The summed E-state index contributed by atoms with van der Waals surface area (Å²) in [5, 5.41) is 19.7. The summed E-state index contributed by atoms with van der Waals surface area (Å²) >= 11 is 0. The van der Waals surface area contributed by atoms with E-state index >= 15 is 0 Å². The number of rotatable bonds is 43. The van der Waals surface area contributed by atoms with Gasteiger partial charge in [0, 0.05) is 45.4 Å². The van der Waals surface area contributed by atoms with E-state index in [1.54, 1.807) is 0 Å². The van der Waals surface area contributed by atoms with Gasteiger partial charge in [-0.25, -0.2) is 0 Å². The maximum absolute atomic E-state index is 12.7. The summed E-state index contributed by atoms with van der Waals surface area (Å²) in [7, 11) is 0. The summed E-state index contributed by atoms with van der Waals surface area (Å²) in [6.45, 7) is 24.6. The third kappa shape index (κ3) is 56.5. The summed E-state index contributed by atoms with van der Waals surface area (Å²) in [6.07, 6.45) is 46.0. The summed E-state index contributed by atoms with van der Waals surface area (Å²) in [6, 6.07) is 0.246. The van der Waals surface area contributed by atoms with Crippen LogP contribution < -0.4 is 0 Å². The fourth-order valence-corrected chi connectivity index (χ4v) is 7.92. The second kappa shape index (κ2) is 64.7. The molecule has 0 aromatic heterocycles. The number of carbonyl (C=O) groups excluding carboxylic acids is 1. The molecular formula is C55H117NO4Y. The molecule has 0 rings (SSSR count). The van der Waals surface area contributed by atoms with Gasteiger partial charge >= 0.3 is 5.97 Å². The number of hydrogen-bond acceptors (Lipinski definition) is 5. The van der Waals surface area contributed by atoms with Crippen molar-refractivity contribution in [2.24, 2.45) is 5.92 Å². The van der Waals surface area contributed by atoms with Crippen molar-refractivity contribution in [1.29, 1.82) is 0 Å². The van der Waals surface area contributed by atoms with Crippen molar-refractivity contribution >= 4 is 5.97 Å². The molecule has 0 aliphatic rings. The van der Waals surface area contributed by atoms with Gasteiger partial charge in [0.05, 0.1) is 18.6 Å². The molecule has 0 saturated heterocycles. The monoisotopic (exact) mass is 945 g/mol. The molecule has 0 spiro atoms. The molecule has 0 aromatic rings. The minimum absolute atomic E-state index is 0. The van der Waals surface area contributed by atoms with E-state index in [1.807, 2.05) is 13.8 Å². The molecule has 2 unspecified atom stereocenters. The molecule has 0 aliphatic heterocycles. The third-order valence-electron chi connectivity index (χ3n) is 11.9. The van der Waals surface area contributed by atoms with Gasteiger partial charge in [0.1, 0.15) is 0 Å². The van der Waals surface area contributed by atoms with E-state index in [0.29, 0.717) is 6.61 Å². The van der Waals surface area contributed by atoms with Crippen molar-refractivity contribution in [2.75, 3.05) is 26.3 Å². The summed E-state index contributed by atoms with van der Waals surface area (Å²) < 4.78 is 5.73. The molecule has 0 amide bonds. The minimum atomic E-state index is -0.260. The first-order valence-corrected chi connectivity index (χ1v) is 27.6. The van der Waals surface area contributed by atoms with Crippen LogP contribution in [0.2, 0.25) is 0 Å². The van der Waals surface area contributed by atoms with Crippen LogP contribution in [0.25, 0.3) is 0 Å². The zero-order chi connectivity index (χ0) is 45.6. The van der Waals surface area contributed by atoms with Crippen LogP contribution in [0.3, 0.4) is 0 Å². The van der Waals surface area contributed by atoms with Crippen LogP contribution in [0.15, 0.2) is 0 Å². The van der Waals surface area contributed by atoms with E-state index in [9.17, 15) is 9.90 Å². The fourth-order valence-electron chi connectivity index (χ4n) is 7.92. The molecule has 3 atom stereocenters. The minimum Gasteiger partial charge on any atom is -0.465 e. The van der Waals surface area contributed by atoms with E-state index in [0.717, 1.165) is 116 Å². The van der Waals surface area contributed by atoms with Crippen molar-refractivity contribution < 1.29 is 52.5 Å². The number of hydrogen-bond donors (Lipinski definition) is 2. The van der Waals surface area contributed by atoms with E-state index < -0.39 is 0 Å². The molecule has 0 fully saturated rings. The standard InChI is InChI=1S/C33H67NO4.C15H32.C5H12.C2H6.Y/c1-5-9-11-12-13-18-25-30(24-10-6-2)33(37)38-29-22-17-15-20-27-34(26-19-14-16-21-28-35)31(23-7-3)32(36)8-4;1-3-5-7-9-11-13-15-14-12-10-8-6-4-2;1-3-5-4-2;1-2;/h30-32,35-36H,5-29H2,1-4H3;3-15H2,1-2H3;3-5H2,1-2H3;1-2H3;/t30?,31-,32?;;;;/m0..../s1. The molecule has 2 N–H and O–H groups in total. The number of carbonyl (C=O) groups is 1. The molecule has 0 saturated carbocycles. The predicted octanol–water partition coefficient (Wildman–Crippen LogP) is 17.8. The molecule has 5 nitrogen and oxygen atoms in total. The van der Waals surface area contributed by atoms with Crippen LogP contribution in [0, 0.1) is 5.92 Å². The van der Waals surface area contributed by atoms with Crippen LogP contribution >= 0.6 is 0 Å². The van der Waals surface area contributed by atoms with Crippen molar-refractivity contribution in [3.05, 3.63) is 0 Å². The Balaban J connectivity index is -0.000000374. The predicted molar refractivity (Wildman–Crippen MR) is 270 cm³/mol. The van der Waals surface area contributed by atoms with Gasteiger partial charge in [-0.05, 0) is 64.5 Å². The molecule has 0 bridgehead atoms. The molecule has 6 heteroatoms. The topological polar surface area (TPSA) is 70.0 Å². The normalized spacial score (nSPS) is 12.2. The quantitative estimate of drug-likeness (QED) is 0.0471. The Morgan fingerprint density at radius 2 is 0.803 bits per heavy atom. The largest absolute Gasteiger partial charge is 0.465 e. The van der Waals surface area contributed by atoms with E-state index in [1.165, 1.54) is 135 Å². The Morgan fingerprint density at radius 3 is 1.18 bits per heavy atom. The van der Waals surface area contributed by atoms with Gasteiger partial charge in [-0.1, -0.05) is 255 Å². The number of nitrogens with zero attached hydrogens (tertiary/aromatic N) is 1. The Hall–Kier alpha value is 0.454. The average Bonchev–Trinajstić information content (AvgIpc) is 3.27. The molecule has 0 heterocycles. The number of esters is 1. The summed E-state index contributed by atoms with van der Waals surface area (Å²) in [5.74, 6) is 0.128. The van der Waals surface area contributed by atoms with Crippen LogP contribution in [0.1, 0.15) is 307 Å². The zero-order valence-corrected chi connectivity index (χ0v) is 46.8. The smallest absolute Gasteiger partial charge is 0.308 e. The summed E-state index contributed by atoms with van der Waals surface area (Å²) in [5.41, 5.74) is 0. The third-order valence-corrected chi connectivity index (χ3v) is 11.9. The average molecular weight is 945 g/mol. The summed E-state index contributed by atoms with van der Waals surface area (Å²) in [4.78, 5) is 15.2. The fraction of sp³-hybridized carbons (Fsp3) is 0.982. The Labute approximate surface area is 411 Å². The van der Waals surface area contributed by atoms with Gasteiger partial charge < -0.3 is 14.9 Å². The van der Waals surface area contributed by atoms with Gasteiger partial charge in [0.15, 0.2) is 0 Å². The first-order valence-electron chi connectivity index (χ1n) is 27.6. The molecule has 0 aromatic carbocycles. The van der Waals surface area contributed by atoms with Gasteiger partial charge in [0.25, 0.3) is 0 Å². The Kier molecular flexibility index (Phi) is 74.8. The zero-order valence-electron chi connectivity index (χ0n) is 44.0. The van der Waals surface area contributed by atoms with Gasteiger partial charge in [0.2, 0.25) is 0 Å². The SMILES string of the molecule is CC.CCCCC.CCCCCCCCC(CCCC)C(=O)OCCCCCCN(CCCCCCO)[C@@H](CCC)C(O)CC.CCCCCCCCCCCCCCC.[Y]. The van der Waals surface area contributed by atoms with Crippen molar-refractivity contribution in [3.8, 4) is 0 Å². The maximum Gasteiger partial charge on any atom is 0.308 e. The maximum atomic E-state index is 12.7. The van der Waals surface area contributed by atoms with Crippen LogP contribution in [0.5, 0.6) is 0 Å². The van der Waals surface area contributed by atoms with E-state index in [-0.39, 0.29) is 63.3 Å². The Bertz CT molecular complexity index is 727. The van der Waals surface area contributed by atoms with Crippen molar-refractivity contribution in [2.45, 2.75) is 319 Å². The molecule has 0 aliphatic carbocycles. The number of unbranched alkanes of at least 4 members (excludes halogenated alkanes) is 26. The van der Waals surface area contributed by atoms with Crippen LogP contribution in [0.4, 0.5) is 0 Å². The molecular weight excluding hydrogens is 828 g/mol. The van der Waals surface area contributed by atoms with Gasteiger partial charge in [-0.2, -0.15) is 0 Å². The Morgan fingerprint density at radius 1 is 0.443 bits per heavy atom. The number of ether oxygens (including phenoxy) is 1. The van der Waals surface area contributed by atoms with Crippen LogP contribution in [-0.2, 0) is 42.2 Å². The van der Waals surface area contributed by atoms with E-state index in [2.05, 4.69) is 60.3 Å². The number of aliphatic hydroxyl groups is 2. The van der Waals surface area contributed by atoms with Crippen molar-refractivity contribution in [3.63, 3.8) is 0 Å².